The van der Waals surface area contributed by atoms with Gasteiger partial charge in [0.25, 0.3) is 0 Å². The first-order valence-corrected chi connectivity index (χ1v) is 8.23. The molecule has 1 aromatic carbocycles. The van der Waals surface area contributed by atoms with E-state index in [1.807, 2.05) is 0 Å². The summed E-state index contributed by atoms with van der Waals surface area (Å²) < 4.78 is 5.96. The Hall–Kier alpha value is -1.06. The lowest BCUT2D eigenvalue weighted by atomic mass is 9.79. The second-order valence-electron chi connectivity index (χ2n) is 7.09. The van der Waals surface area contributed by atoms with E-state index < -0.39 is 5.60 Å². The molecule has 3 rings (SSSR count). The summed E-state index contributed by atoms with van der Waals surface area (Å²) >= 11 is 0. The molecule has 0 amide bonds. The van der Waals surface area contributed by atoms with Crippen molar-refractivity contribution in [1.82, 2.24) is 5.32 Å². The molecular formula is C18H27NO2. The van der Waals surface area contributed by atoms with E-state index in [0.29, 0.717) is 6.54 Å². The maximum Gasteiger partial charge on any atom is 0.123 e. The summed E-state index contributed by atoms with van der Waals surface area (Å²) in [6.07, 6.45) is 5.30. The maximum atomic E-state index is 10.6. The zero-order valence-electron chi connectivity index (χ0n) is 13.2. The lowest BCUT2D eigenvalue weighted by molar-refractivity contribution is -0.00728. The molecular weight excluding hydrogens is 262 g/mol. The highest BCUT2D eigenvalue weighted by atomic mass is 16.5. The van der Waals surface area contributed by atoms with Crippen LogP contribution in [0.15, 0.2) is 18.2 Å². The van der Waals surface area contributed by atoms with Crippen LogP contribution < -0.4 is 10.1 Å². The molecule has 1 heterocycles. The smallest absolute Gasteiger partial charge is 0.123 e. The summed E-state index contributed by atoms with van der Waals surface area (Å²) in [5, 5.41) is 14.0. The fourth-order valence-corrected chi connectivity index (χ4v) is 3.51. The van der Waals surface area contributed by atoms with E-state index in [1.165, 1.54) is 11.1 Å². The average molecular weight is 289 g/mol. The van der Waals surface area contributed by atoms with Gasteiger partial charge in [-0.3, -0.25) is 0 Å². The summed E-state index contributed by atoms with van der Waals surface area (Å²) in [5.74, 6) is 1.79. The van der Waals surface area contributed by atoms with Gasteiger partial charge >= 0.3 is 0 Å². The van der Waals surface area contributed by atoms with E-state index in [4.69, 9.17) is 4.74 Å². The van der Waals surface area contributed by atoms with Gasteiger partial charge in [0.15, 0.2) is 0 Å². The summed E-state index contributed by atoms with van der Waals surface area (Å²) in [6.45, 7) is 5.89. The number of rotatable bonds is 4. The molecule has 116 valence electrons. The van der Waals surface area contributed by atoms with Crippen molar-refractivity contribution in [3.8, 4) is 5.75 Å². The highest BCUT2D eigenvalue weighted by Gasteiger charge is 2.32. The number of hydrogen-bond acceptors (Lipinski definition) is 3. The van der Waals surface area contributed by atoms with E-state index in [2.05, 4.69) is 37.4 Å². The number of aliphatic hydroxyl groups is 1. The van der Waals surface area contributed by atoms with Gasteiger partial charge in [-0.25, -0.2) is 0 Å². The second-order valence-corrected chi connectivity index (χ2v) is 7.09. The van der Waals surface area contributed by atoms with Gasteiger partial charge < -0.3 is 15.2 Å². The Morgan fingerprint density at radius 3 is 2.86 bits per heavy atom. The third-order valence-corrected chi connectivity index (χ3v) is 4.99. The SMILES string of the molecule is Cc1ccc2c(c1)CC(CNCC1(O)CCC(C)CC1)O2. The molecule has 1 saturated carbocycles. The van der Waals surface area contributed by atoms with Crippen molar-refractivity contribution in [2.24, 2.45) is 5.92 Å². The zero-order chi connectivity index (χ0) is 14.9. The molecule has 0 spiro atoms. The van der Waals surface area contributed by atoms with Gasteiger partial charge in [0.05, 0.1) is 5.60 Å². The molecule has 2 N–H and O–H groups in total. The number of ether oxygens (including phenoxy) is 1. The Kier molecular flexibility index (Phi) is 4.23. The van der Waals surface area contributed by atoms with E-state index in [9.17, 15) is 5.11 Å². The summed E-state index contributed by atoms with van der Waals surface area (Å²) in [4.78, 5) is 0. The summed E-state index contributed by atoms with van der Waals surface area (Å²) in [5.41, 5.74) is 2.10. The molecule has 1 atom stereocenters. The summed E-state index contributed by atoms with van der Waals surface area (Å²) in [7, 11) is 0. The number of aryl methyl sites for hydroxylation is 1. The monoisotopic (exact) mass is 289 g/mol. The minimum absolute atomic E-state index is 0.202. The van der Waals surface area contributed by atoms with Gasteiger partial charge in [-0.15, -0.1) is 0 Å². The Morgan fingerprint density at radius 1 is 1.33 bits per heavy atom. The van der Waals surface area contributed by atoms with E-state index in [0.717, 1.165) is 50.3 Å². The van der Waals surface area contributed by atoms with Crippen LogP contribution in [0.25, 0.3) is 0 Å². The molecule has 3 nitrogen and oxygen atoms in total. The minimum Gasteiger partial charge on any atom is -0.488 e. The number of fused-ring (bicyclic) bond motifs is 1. The minimum atomic E-state index is -0.505. The van der Waals surface area contributed by atoms with Crippen molar-refractivity contribution in [2.75, 3.05) is 13.1 Å². The third-order valence-electron chi connectivity index (χ3n) is 4.99. The van der Waals surface area contributed by atoms with Gasteiger partial charge in [-0.2, -0.15) is 0 Å². The van der Waals surface area contributed by atoms with Crippen molar-refractivity contribution in [2.45, 2.75) is 57.7 Å². The first-order valence-electron chi connectivity index (χ1n) is 8.23. The fourth-order valence-electron chi connectivity index (χ4n) is 3.51. The predicted octanol–water partition coefficient (Wildman–Crippen LogP) is 2.83. The molecule has 1 aliphatic heterocycles. The first-order chi connectivity index (χ1) is 10.0. The van der Waals surface area contributed by atoms with Crippen molar-refractivity contribution in [1.29, 1.82) is 0 Å². The number of nitrogens with one attached hydrogen (secondary N) is 1. The Bertz CT molecular complexity index is 492. The van der Waals surface area contributed by atoms with Crippen LogP contribution in [-0.2, 0) is 6.42 Å². The molecule has 0 bridgehead atoms. The lowest BCUT2D eigenvalue weighted by Crippen LogP contribution is -2.45. The fraction of sp³-hybridized carbons (Fsp3) is 0.667. The first kappa shape index (κ1) is 14.9. The maximum absolute atomic E-state index is 10.6. The van der Waals surface area contributed by atoms with E-state index in [-0.39, 0.29) is 6.10 Å². The normalized spacial score (nSPS) is 31.8. The van der Waals surface area contributed by atoms with Crippen molar-refractivity contribution in [3.63, 3.8) is 0 Å². The van der Waals surface area contributed by atoms with Crippen LogP contribution in [0.4, 0.5) is 0 Å². The highest BCUT2D eigenvalue weighted by molar-refractivity contribution is 5.40. The quantitative estimate of drug-likeness (QED) is 0.895. The van der Waals surface area contributed by atoms with Crippen LogP contribution in [0.1, 0.15) is 43.7 Å². The predicted molar refractivity (Wildman–Crippen MR) is 84.8 cm³/mol. The van der Waals surface area contributed by atoms with Crippen LogP contribution >= 0.6 is 0 Å². The molecule has 1 aliphatic carbocycles. The van der Waals surface area contributed by atoms with Gasteiger partial charge in [-0.1, -0.05) is 24.6 Å². The molecule has 1 fully saturated rings. The van der Waals surface area contributed by atoms with Crippen molar-refractivity contribution in [3.05, 3.63) is 29.3 Å². The van der Waals surface area contributed by atoms with Crippen LogP contribution in [0, 0.1) is 12.8 Å². The van der Waals surface area contributed by atoms with Crippen LogP contribution in [0.3, 0.4) is 0 Å². The molecule has 1 unspecified atom stereocenters. The Balaban J connectivity index is 1.45. The van der Waals surface area contributed by atoms with E-state index >= 15 is 0 Å². The van der Waals surface area contributed by atoms with Crippen LogP contribution in [0.5, 0.6) is 5.75 Å². The van der Waals surface area contributed by atoms with Crippen LogP contribution in [-0.4, -0.2) is 29.9 Å². The molecule has 0 radical (unpaired) electrons. The van der Waals surface area contributed by atoms with Gasteiger partial charge in [-0.05, 0) is 50.2 Å². The summed E-state index contributed by atoms with van der Waals surface area (Å²) in [6, 6.07) is 6.38. The molecule has 0 aromatic heterocycles. The van der Waals surface area contributed by atoms with Crippen LogP contribution in [0.2, 0.25) is 0 Å². The topological polar surface area (TPSA) is 41.5 Å². The molecule has 2 aliphatic rings. The average Bonchev–Trinajstić information content (AvgIpc) is 2.84. The van der Waals surface area contributed by atoms with Crippen molar-refractivity contribution < 1.29 is 9.84 Å². The van der Waals surface area contributed by atoms with Gasteiger partial charge in [0.2, 0.25) is 0 Å². The van der Waals surface area contributed by atoms with E-state index in [1.54, 1.807) is 0 Å². The second kappa shape index (κ2) is 5.98. The van der Waals surface area contributed by atoms with Gasteiger partial charge in [0, 0.05) is 19.5 Å². The Morgan fingerprint density at radius 2 is 2.10 bits per heavy atom. The molecule has 0 saturated heterocycles. The standard InChI is InChI=1S/C18H27NO2/c1-13-5-7-18(20,8-6-13)12-19-11-16-10-15-9-14(2)3-4-17(15)21-16/h3-4,9,13,16,19-20H,5-8,10-12H2,1-2H3. The largest absolute Gasteiger partial charge is 0.488 e. The number of benzene rings is 1. The zero-order valence-corrected chi connectivity index (χ0v) is 13.2. The number of hydrogen-bond donors (Lipinski definition) is 2. The van der Waals surface area contributed by atoms with Crippen molar-refractivity contribution >= 4 is 0 Å². The Labute approximate surface area is 127 Å². The molecule has 3 heteroatoms. The highest BCUT2D eigenvalue weighted by Crippen LogP contribution is 2.32. The third kappa shape index (κ3) is 3.58. The molecule has 21 heavy (non-hydrogen) atoms. The lowest BCUT2D eigenvalue weighted by Gasteiger charge is -2.35. The van der Waals surface area contributed by atoms with Gasteiger partial charge in [0.1, 0.15) is 11.9 Å². The molecule has 1 aromatic rings.